The minimum absolute atomic E-state index is 0. The molecule has 0 radical (unpaired) electrons. The van der Waals surface area contributed by atoms with E-state index in [1.165, 1.54) is 0 Å². The number of aliphatic hydroxyl groups excluding tert-OH is 1. The van der Waals surface area contributed by atoms with Gasteiger partial charge in [-0.25, -0.2) is 4.99 Å². The van der Waals surface area contributed by atoms with Crippen molar-refractivity contribution < 1.29 is 58.9 Å². The summed E-state index contributed by atoms with van der Waals surface area (Å²) < 4.78 is 4.83. The Hall–Kier alpha value is -2.36. The van der Waals surface area contributed by atoms with Crippen LogP contribution in [0, 0.1) is 11.3 Å². The van der Waals surface area contributed by atoms with Gasteiger partial charge < -0.3 is 20.3 Å². The fourth-order valence-corrected chi connectivity index (χ4v) is 4.05. The Bertz CT molecular complexity index is 1010. The molecule has 3 unspecified atom stereocenters. The Labute approximate surface area is 248 Å². The summed E-state index contributed by atoms with van der Waals surface area (Å²) in [5.74, 6) is -1.47. The van der Waals surface area contributed by atoms with E-state index >= 15 is 0 Å². The van der Waals surface area contributed by atoms with Crippen molar-refractivity contribution in [2.75, 3.05) is 13.2 Å². The molecule has 0 aromatic heterocycles. The maximum atomic E-state index is 11.9. The molecule has 0 spiro atoms. The maximum absolute atomic E-state index is 11.9. The third kappa shape index (κ3) is 10.1. The van der Waals surface area contributed by atoms with Crippen LogP contribution in [0.1, 0.15) is 75.9 Å². The van der Waals surface area contributed by atoms with Crippen LogP contribution in [0.3, 0.4) is 0 Å². The molecule has 3 atom stereocenters. The summed E-state index contributed by atoms with van der Waals surface area (Å²) in [4.78, 5) is 39.0. The second kappa shape index (κ2) is 18.8. The smallest absolute Gasteiger partial charge is 0.846 e. The van der Waals surface area contributed by atoms with Crippen molar-refractivity contribution in [3.63, 3.8) is 0 Å². The summed E-state index contributed by atoms with van der Waals surface area (Å²) in [6, 6.07) is 16.9. The number of amides is 2. The van der Waals surface area contributed by atoms with Gasteiger partial charge in [0.1, 0.15) is 11.5 Å². The molecule has 2 aromatic carbocycles. The Balaban J connectivity index is 0.000000600. The summed E-state index contributed by atoms with van der Waals surface area (Å²) in [7, 11) is 0. The van der Waals surface area contributed by atoms with E-state index in [-0.39, 0.29) is 41.3 Å². The first-order valence-corrected chi connectivity index (χ1v) is 12.7. The van der Waals surface area contributed by atoms with Crippen molar-refractivity contribution in [1.82, 2.24) is 5.32 Å². The van der Waals surface area contributed by atoms with Crippen LogP contribution in [0.5, 0.6) is 0 Å². The normalized spacial score (nSPS) is 17.7. The van der Waals surface area contributed by atoms with Crippen LogP contribution < -0.4 is 40.0 Å². The number of nitrogens with one attached hydrogen (secondary N) is 1. The first-order chi connectivity index (χ1) is 17.7. The summed E-state index contributed by atoms with van der Waals surface area (Å²) in [5.41, 5.74) is -0.000550. The van der Waals surface area contributed by atoms with Crippen LogP contribution in [-0.2, 0) is 14.3 Å². The number of Topliss-reactive ketones (excluding diaryl/α,β-unsaturated/α-hetero) is 1. The second-order valence-corrected chi connectivity index (χ2v) is 8.52. The van der Waals surface area contributed by atoms with Crippen LogP contribution in [0.2, 0.25) is 0 Å². The largest absolute Gasteiger partial charge is 1.00 e. The number of benzene rings is 2. The van der Waals surface area contributed by atoms with Gasteiger partial charge in [0.05, 0.1) is 6.02 Å². The SMILES string of the molecule is CCCC(C)C1(CC)C(=O)N=C([O-])NC1=O.CCOCC.O=C(c1ccccc1)C(O)c1ccccc1.[Na+]. The molecule has 0 saturated heterocycles. The standard InChI is InChI=1S/C14H12O2.C11H18N2O3.C4H10O.Na/c15-13(11-7-3-1-4-8-11)14(16)12-9-5-2-6-10-12;1-4-6-7(3)11(5-2)8(14)12-10(16)13-9(11)15;1-3-5-4-2;/h1-10,13,15H;7H,4-6H2,1-3H3,(H2,12,13,14,15,16);3-4H2,1-2H3;/q;;;+1/p-1. The van der Waals surface area contributed by atoms with Crippen molar-refractivity contribution in [1.29, 1.82) is 0 Å². The number of ketones is 1. The number of ether oxygens (including phenoxy) is 1. The molecule has 0 fully saturated rings. The Kier molecular flexibility index (Phi) is 17.7. The van der Waals surface area contributed by atoms with Crippen LogP contribution in [0.15, 0.2) is 65.7 Å². The van der Waals surface area contributed by atoms with Gasteiger partial charge in [0, 0.05) is 18.8 Å². The average Bonchev–Trinajstić information content (AvgIpc) is 2.90. The third-order valence-corrected chi connectivity index (χ3v) is 6.16. The molecule has 9 heteroatoms. The van der Waals surface area contributed by atoms with E-state index in [4.69, 9.17) is 4.74 Å². The van der Waals surface area contributed by atoms with E-state index in [0.717, 1.165) is 26.1 Å². The topological polar surface area (TPSA) is 128 Å². The summed E-state index contributed by atoms with van der Waals surface area (Å²) in [5, 5.41) is 23.0. The minimum atomic E-state index is -1.15. The van der Waals surface area contributed by atoms with Crippen LogP contribution >= 0.6 is 0 Å². The van der Waals surface area contributed by atoms with Crippen molar-refractivity contribution >= 4 is 23.6 Å². The van der Waals surface area contributed by atoms with Gasteiger partial charge in [-0.2, -0.15) is 0 Å². The summed E-state index contributed by atoms with van der Waals surface area (Å²) in [6.07, 6.45) is 0.938. The monoisotopic (exact) mass is 534 g/mol. The van der Waals surface area contributed by atoms with Crippen LogP contribution in [-0.4, -0.2) is 41.9 Å². The van der Waals surface area contributed by atoms with Gasteiger partial charge in [0.25, 0.3) is 5.91 Å². The predicted octanol–water partition coefficient (Wildman–Crippen LogP) is 0.841. The molecule has 38 heavy (non-hydrogen) atoms. The molecule has 0 saturated carbocycles. The quantitative estimate of drug-likeness (QED) is 0.279. The first-order valence-electron chi connectivity index (χ1n) is 12.7. The number of nitrogens with zero attached hydrogens (tertiary/aromatic N) is 1. The molecule has 202 valence electrons. The summed E-state index contributed by atoms with van der Waals surface area (Å²) in [6.45, 7) is 11.3. The molecule has 2 amide bonds. The molecule has 1 aliphatic rings. The van der Waals surface area contributed by atoms with Gasteiger partial charge in [-0.1, -0.05) is 87.9 Å². The van der Waals surface area contributed by atoms with Crippen LogP contribution in [0.25, 0.3) is 0 Å². The number of amidine groups is 1. The molecule has 8 nitrogen and oxygen atoms in total. The van der Waals surface area contributed by atoms with E-state index < -0.39 is 29.4 Å². The van der Waals surface area contributed by atoms with E-state index in [1.54, 1.807) is 55.5 Å². The van der Waals surface area contributed by atoms with E-state index in [2.05, 4.69) is 10.3 Å². The third-order valence-electron chi connectivity index (χ3n) is 6.16. The van der Waals surface area contributed by atoms with E-state index in [1.807, 2.05) is 39.8 Å². The number of rotatable bonds is 9. The molecule has 1 heterocycles. The Morgan fingerprint density at radius 2 is 1.53 bits per heavy atom. The van der Waals surface area contributed by atoms with E-state index in [0.29, 0.717) is 17.5 Å². The fourth-order valence-electron chi connectivity index (χ4n) is 4.05. The molecule has 0 bridgehead atoms. The number of aliphatic hydroxyl groups is 1. The van der Waals surface area contributed by atoms with Gasteiger partial charge in [-0.3, -0.25) is 14.4 Å². The average molecular weight is 535 g/mol. The molecular weight excluding hydrogens is 495 g/mol. The van der Waals surface area contributed by atoms with Crippen molar-refractivity contribution in [3.8, 4) is 0 Å². The van der Waals surface area contributed by atoms with Crippen LogP contribution in [0.4, 0.5) is 0 Å². The Morgan fingerprint density at radius 1 is 1.00 bits per heavy atom. The number of hydrogen-bond acceptors (Lipinski definition) is 6. The molecule has 0 aliphatic carbocycles. The van der Waals surface area contributed by atoms with Crippen molar-refractivity contribution in [2.24, 2.45) is 16.3 Å². The van der Waals surface area contributed by atoms with Gasteiger partial charge >= 0.3 is 29.6 Å². The molecule has 2 aromatic rings. The molecule has 1 aliphatic heterocycles. The Morgan fingerprint density at radius 3 is 1.95 bits per heavy atom. The maximum Gasteiger partial charge on any atom is 1.00 e. The van der Waals surface area contributed by atoms with Gasteiger partial charge in [0.15, 0.2) is 5.78 Å². The first kappa shape index (κ1) is 35.6. The fraction of sp³-hybridized carbons (Fsp3) is 0.448. The zero-order valence-electron chi connectivity index (χ0n) is 23.4. The number of hydrogen-bond donors (Lipinski definition) is 2. The minimum Gasteiger partial charge on any atom is -0.846 e. The molecule has 3 rings (SSSR count). The molecular formula is C29H39N2NaO6. The zero-order chi connectivity index (χ0) is 27.8. The van der Waals surface area contributed by atoms with Gasteiger partial charge in [-0.05, 0) is 38.2 Å². The van der Waals surface area contributed by atoms with E-state index in [9.17, 15) is 24.6 Å². The molecule has 2 N–H and O–H groups in total. The number of carbonyl (C=O) groups is 3. The van der Waals surface area contributed by atoms with Gasteiger partial charge in [-0.15, -0.1) is 0 Å². The number of aliphatic imine (C=N–C) groups is 1. The van der Waals surface area contributed by atoms with Gasteiger partial charge in [0.2, 0.25) is 5.91 Å². The second-order valence-electron chi connectivity index (χ2n) is 8.52. The predicted molar refractivity (Wildman–Crippen MR) is 142 cm³/mol. The van der Waals surface area contributed by atoms with Crippen molar-refractivity contribution in [2.45, 2.75) is 60.0 Å². The number of carbonyl (C=O) groups excluding carboxylic acids is 3. The summed E-state index contributed by atoms with van der Waals surface area (Å²) >= 11 is 0. The zero-order valence-corrected chi connectivity index (χ0v) is 25.4. The van der Waals surface area contributed by atoms with Crippen molar-refractivity contribution in [3.05, 3.63) is 71.8 Å².